The third-order valence-electron chi connectivity index (χ3n) is 5.43. The number of ketones is 1. The summed E-state index contributed by atoms with van der Waals surface area (Å²) in [6, 6.07) is 7.08. The Balaban J connectivity index is 1.69. The summed E-state index contributed by atoms with van der Waals surface area (Å²) in [6.45, 7) is 6.67. The highest BCUT2D eigenvalue weighted by atomic mass is 32.1. The Morgan fingerprint density at radius 2 is 1.90 bits per heavy atom. The van der Waals surface area contributed by atoms with Crippen molar-refractivity contribution in [3.8, 4) is 0 Å². The van der Waals surface area contributed by atoms with Crippen LogP contribution in [0.4, 0.5) is 0 Å². The average Bonchev–Trinajstić information content (AvgIpc) is 3.43. The Labute approximate surface area is 184 Å². The number of hydrogen-bond donors (Lipinski definition) is 1. The Kier molecular flexibility index (Phi) is 5.73. The van der Waals surface area contributed by atoms with Gasteiger partial charge in [0.1, 0.15) is 0 Å². The van der Waals surface area contributed by atoms with Crippen molar-refractivity contribution in [1.82, 2.24) is 19.4 Å². The van der Waals surface area contributed by atoms with E-state index in [4.69, 9.17) is 0 Å². The Morgan fingerprint density at radius 3 is 2.52 bits per heavy atom. The average molecular weight is 437 g/mol. The zero-order chi connectivity index (χ0) is 22.1. The minimum Gasteiger partial charge on any atom is -0.503 e. The summed E-state index contributed by atoms with van der Waals surface area (Å²) in [5, 5.41) is 11.5. The van der Waals surface area contributed by atoms with Gasteiger partial charge in [0.25, 0.3) is 5.91 Å². The molecule has 3 aromatic rings. The minimum atomic E-state index is -0.634. The van der Waals surface area contributed by atoms with Gasteiger partial charge in [-0.15, -0.1) is 11.3 Å². The molecule has 3 heterocycles. The molecule has 1 unspecified atom stereocenters. The van der Waals surface area contributed by atoms with Gasteiger partial charge < -0.3 is 14.6 Å². The molecular formula is C23H24N4O3S. The van der Waals surface area contributed by atoms with Crippen LogP contribution in [0.5, 0.6) is 0 Å². The first-order valence-electron chi connectivity index (χ1n) is 10.1. The minimum absolute atomic E-state index is 0.128. The lowest BCUT2D eigenvalue weighted by Crippen LogP contribution is -2.32. The summed E-state index contributed by atoms with van der Waals surface area (Å²) in [7, 11) is 0. The van der Waals surface area contributed by atoms with Crippen LogP contribution < -0.4 is 0 Å². The number of carbonyl (C=O) groups excluding carboxylic acids is 2. The van der Waals surface area contributed by atoms with Crippen molar-refractivity contribution < 1.29 is 14.7 Å². The molecule has 4 rings (SSSR count). The molecule has 1 aliphatic heterocycles. The number of Topliss-reactive ketones (excluding diaryl/α,β-unsaturated/α-hetero) is 1. The summed E-state index contributed by atoms with van der Waals surface area (Å²) < 4.78 is 1.93. The first-order valence-corrected chi connectivity index (χ1v) is 10.9. The number of thiazole rings is 1. The first kappa shape index (κ1) is 21.0. The molecule has 1 aromatic carbocycles. The summed E-state index contributed by atoms with van der Waals surface area (Å²) in [5.41, 5.74) is 2.62. The Bertz CT molecular complexity index is 1150. The number of amides is 1. The van der Waals surface area contributed by atoms with E-state index in [1.807, 2.05) is 48.9 Å². The van der Waals surface area contributed by atoms with Crippen LogP contribution in [0.1, 0.15) is 44.0 Å². The Morgan fingerprint density at radius 1 is 1.16 bits per heavy atom. The second-order valence-electron chi connectivity index (χ2n) is 7.70. The van der Waals surface area contributed by atoms with Crippen LogP contribution >= 0.6 is 11.3 Å². The number of hydrogen-bond acceptors (Lipinski definition) is 6. The lowest BCUT2D eigenvalue weighted by atomic mass is 9.94. The van der Waals surface area contributed by atoms with Crippen LogP contribution in [-0.2, 0) is 11.3 Å². The molecule has 1 aliphatic rings. The van der Waals surface area contributed by atoms with Gasteiger partial charge in [-0.1, -0.05) is 29.8 Å². The fourth-order valence-corrected chi connectivity index (χ4v) is 4.79. The molecule has 8 heteroatoms. The van der Waals surface area contributed by atoms with Gasteiger partial charge in [-0.25, -0.2) is 9.97 Å². The number of aromatic nitrogens is 3. The van der Waals surface area contributed by atoms with Crippen LogP contribution in [0.3, 0.4) is 0 Å². The summed E-state index contributed by atoms with van der Waals surface area (Å²) in [6.07, 6.45) is 5.96. The van der Waals surface area contributed by atoms with E-state index in [0.717, 1.165) is 16.1 Å². The molecule has 0 saturated carbocycles. The van der Waals surface area contributed by atoms with Gasteiger partial charge in [0.05, 0.1) is 33.5 Å². The summed E-state index contributed by atoms with van der Waals surface area (Å²) >= 11 is 1.28. The molecule has 1 atom stereocenters. The zero-order valence-corrected chi connectivity index (χ0v) is 18.5. The molecule has 0 aliphatic carbocycles. The highest BCUT2D eigenvalue weighted by Crippen LogP contribution is 2.40. The fourth-order valence-electron chi connectivity index (χ4n) is 3.92. The number of aryl methyl sites for hydroxylation is 4. The number of benzene rings is 1. The maximum Gasteiger partial charge on any atom is 0.290 e. The van der Waals surface area contributed by atoms with Gasteiger partial charge in [0, 0.05) is 25.5 Å². The molecule has 31 heavy (non-hydrogen) atoms. The molecule has 2 aromatic heterocycles. The highest BCUT2D eigenvalue weighted by Gasteiger charge is 2.44. The molecule has 0 bridgehead atoms. The lowest BCUT2D eigenvalue weighted by Gasteiger charge is -2.27. The molecular weight excluding hydrogens is 412 g/mol. The molecule has 160 valence electrons. The molecule has 0 spiro atoms. The maximum atomic E-state index is 13.5. The number of aliphatic hydroxyl groups is 1. The van der Waals surface area contributed by atoms with E-state index < -0.39 is 17.7 Å². The van der Waals surface area contributed by atoms with E-state index in [1.54, 1.807) is 24.3 Å². The predicted molar refractivity (Wildman–Crippen MR) is 118 cm³/mol. The van der Waals surface area contributed by atoms with Gasteiger partial charge in [0.2, 0.25) is 5.78 Å². The normalized spacial score (nSPS) is 16.4. The number of rotatable bonds is 7. The maximum absolute atomic E-state index is 13.5. The molecule has 7 nitrogen and oxygen atoms in total. The second kappa shape index (κ2) is 8.47. The van der Waals surface area contributed by atoms with E-state index in [1.165, 1.54) is 11.3 Å². The van der Waals surface area contributed by atoms with Crippen LogP contribution in [0.2, 0.25) is 0 Å². The lowest BCUT2D eigenvalue weighted by molar-refractivity contribution is -0.129. The van der Waals surface area contributed by atoms with Crippen LogP contribution in [-0.4, -0.2) is 42.8 Å². The molecule has 1 amide bonds. The SMILES string of the molecule is Cc1ccc(C2C(C(=O)c3sc(C)nc3C)=C(O)C(=O)N2CCCn2ccnc2)cc1. The molecule has 0 saturated heterocycles. The molecule has 0 fully saturated rings. The smallest absolute Gasteiger partial charge is 0.290 e. The molecule has 1 N–H and O–H groups in total. The number of aliphatic hydroxyl groups excluding tert-OH is 1. The van der Waals surface area contributed by atoms with Gasteiger partial charge in [0.15, 0.2) is 5.76 Å². The van der Waals surface area contributed by atoms with E-state index >= 15 is 0 Å². The van der Waals surface area contributed by atoms with E-state index in [0.29, 0.717) is 30.1 Å². The van der Waals surface area contributed by atoms with Crippen molar-refractivity contribution in [1.29, 1.82) is 0 Å². The number of carbonyl (C=O) groups is 2. The molecule has 0 radical (unpaired) electrons. The standard InChI is InChI=1S/C23H24N4O3S/c1-14-5-7-17(8-6-14)19-18(20(28)22-15(2)25-16(3)31-22)21(29)23(30)27(19)11-4-10-26-12-9-24-13-26/h5-9,12-13,19,29H,4,10-11H2,1-3H3. The first-order chi connectivity index (χ1) is 14.9. The van der Waals surface area contributed by atoms with Crippen molar-refractivity contribution >= 4 is 23.0 Å². The largest absolute Gasteiger partial charge is 0.503 e. The topological polar surface area (TPSA) is 88.3 Å². The van der Waals surface area contributed by atoms with E-state index in [2.05, 4.69) is 9.97 Å². The Hall–Kier alpha value is -3.26. The van der Waals surface area contributed by atoms with Crippen molar-refractivity contribution in [3.05, 3.63) is 81.0 Å². The van der Waals surface area contributed by atoms with Crippen LogP contribution in [0.15, 0.2) is 54.3 Å². The third kappa shape index (κ3) is 4.03. The van der Waals surface area contributed by atoms with Crippen molar-refractivity contribution in [2.24, 2.45) is 0 Å². The number of imidazole rings is 1. The zero-order valence-electron chi connectivity index (χ0n) is 17.7. The second-order valence-corrected chi connectivity index (χ2v) is 8.91. The van der Waals surface area contributed by atoms with Crippen molar-refractivity contribution in [2.75, 3.05) is 6.54 Å². The van der Waals surface area contributed by atoms with E-state index in [9.17, 15) is 14.7 Å². The van der Waals surface area contributed by atoms with Crippen molar-refractivity contribution in [3.63, 3.8) is 0 Å². The van der Waals surface area contributed by atoms with Crippen LogP contribution in [0, 0.1) is 20.8 Å². The van der Waals surface area contributed by atoms with Crippen molar-refractivity contribution in [2.45, 2.75) is 39.8 Å². The van der Waals surface area contributed by atoms with Gasteiger partial charge in [-0.3, -0.25) is 9.59 Å². The van der Waals surface area contributed by atoms with Gasteiger partial charge in [-0.05, 0) is 32.8 Å². The van der Waals surface area contributed by atoms with Gasteiger partial charge in [-0.2, -0.15) is 0 Å². The number of nitrogens with zero attached hydrogens (tertiary/aromatic N) is 4. The predicted octanol–water partition coefficient (Wildman–Crippen LogP) is 3.93. The highest BCUT2D eigenvalue weighted by molar-refractivity contribution is 7.14. The van der Waals surface area contributed by atoms with Crippen LogP contribution in [0.25, 0.3) is 0 Å². The quantitative estimate of drug-likeness (QED) is 0.567. The van der Waals surface area contributed by atoms with E-state index in [-0.39, 0.29) is 11.4 Å². The fraction of sp³-hybridized carbons (Fsp3) is 0.304. The summed E-state index contributed by atoms with van der Waals surface area (Å²) in [5.74, 6) is -1.32. The van der Waals surface area contributed by atoms with Gasteiger partial charge >= 0.3 is 0 Å². The third-order valence-corrected chi connectivity index (χ3v) is 6.50. The summed E-state index contributed by atoms with van der Waals surface area (Å²) in [4.78, 5) is 36.9. The monoisotopic (exact) mass is 436 g/mol.